The summed E-state index contributed by atoms with van der Waals surface area (Å²) in [5.74, 6) is 1.81. The molecule has 3 heterocycles. The molecule has 0 atom stereocenters. The second kappa shape index (κ2) is 10.9. The minimum absolute atomic E-state index is 0.578. The van der Waals surface area contributed by atoms with Crippen LogP contribution < -0.4 is 0 Å². The van der Waals surface area contributed by atoms with E-state index in [1.165, 1.54) is 5.56 Å². The number of rotatable bonds is 5. The predicted octanol–water partition coefficient (Wildman–Crippen LogP) is 10.2. The van der Waals surface area contributed by atoms with E-state index in [1.807, 2.05) is 30.3 Å². The van der Waals surface area contributed by atoms with E-state index in [0.29, 0.717) is 17.6 Å². The van der Waals surface area contributed by atoms with E-state index in [9.17, 15) is 0 Å². The van der Waals surface area contributed by atoms with E-state index >= 15 is 0 Å². The third-order valence-electron chi connectivity index (χ3n) is 8.33. The molecule has 6 heteroatoms. The van der Waals surface area contributed by atoms with Gasteiger partial charge in [-0.2, -0.15) is 9.97 Å². The molecule has 0 saturated heterocycles. The summed E-state index contributed by atoms with van der Waals surface area (Å²) in [6, 6.07) is 52.2. The van der Waals surface area contributed by atoms with Crippen LogP contribution in [0.1, 0.15) is 0 Å². The smallest absolute Gasteiger partial charge is 0.238 e. The van der Waals surface area contributed by atoms with Crippen molar-refractivity contribution in [3.8, 4) is 50.4 Å². The normalized spacial score (nSPS) is 11.5. The van der Waals surface area contributed by atoms with Crippen molar-refractivity contribution in [1.29, 1.82) is 0 Å². The van der Waals surface area contributed by atoms with Gasteiger partial charge in [0.05, 0.1) is 21.3 Å². The van der Waals surface area contributed by atoms with Crippen molar-refractivity contribution in [2.75, 3.05) is 0 Å². The van der Waals surface area contributed by atoms with Crippen LogP contribution in [0.5, 0.6) is 0 Å². The third kappa shape index (κ3) is 4.47. The lowest BCUT2D eigenvalue weighted by molar-refractivity contribution is 0.954. The molecule has 0 aliphatic heterocycles. The molecule has 0 saturated carbocycles. The lowest BCUT2D eigenvalue weighted by Crippen LogP contribution is -2.06. The van der Waals surface area contributed by atoms with Gasteiger partial charge in [-0.3, -0.25) is 4.57 Å². The first-order valence-corrected chi connectivity index (χ1v) is 16.0. The minimum atomic E-state index is 0.578. The van der Waals surface area contributed by atoms with Crippen molar-refractivity contribution < 1.29 is 0 Å². The summed E-state index contributed by atoms with van der Waals surface area (Å²) in [4.78, 5) is 20.4. The van der Waals surface area contributed by atoms with Crippen molar-refractivity contribution in [3.63, 3.8) is 0 Å². The summed E-state index contributed by atoms with van der Waals surface area (Å²) < 4.78 is 3.20. The Balaban J connectivity index is 1.28. The zero-order valence-corrected chi connectivity index (χ0v) is 25.4. The van der Waals surface area contributed by atoms with Gasteiger partial charge in [0.2, 0.25) is 5.95 Å². The summed E-state index contributed by atoms with van der Waals surface area (Å²) in [6.07, 6.45) is 0. The first-order chi connectivity index (χ1) is 22.8. The zero-order chi connectivity index (χ0) is 30.5. The largest absolute Gasteiger partial charge is 0.278 e. The number of nitrogens with zero attached hydrogens (tertiary/aromatic N) is 5. The lowest BCUT2D eigenvalue weighted by Gasteiger charge is -2.11. The summed E-state index contributed by atoms with van der Waals surface area (Å²) in [5, 5.41) is 3.29. The van der Waals surface area contributed by atoms with E-state index in [-0.39, 0.29) is 0 Å². The van der Waals surface area contributed by atoms with Crippen LogP contribution in [-0.4, -0.2) is 24.5 Å². The highest BCUT2D eigenvalue weighted by atomic mass is 32.1. The number of benzene rings is 6. The lowest BCUT2D eigenvalue weighted by atomic mass is 10.0. The number of aromatic nitrogens is 5. The molecule has 0 fully saturated rings. The molecule has 0 amide bonds. The summed E-state index contributed by atoms with van der Waals surface area (Å²) in [5.41, 5.74) is 8.29. The average Bonchev–Trinajstić information content (AvgIpc) is 3.72. The Bertz CT molecular complexity index is 2460. The van der Waals surface area contributed by atoms with Crippen LogP contribution in [0.15, 0.2) is 152 Å². The Hall–Kier alpha value is -5.98. The van der Waals surface area contributed by atoms with E-state index in [1.54, 1.807) is 11.3 Å². The van der Waals surface area contributed by atoms with Gasteiger partial charge in [0, 0.05) is 27.5 Å². The second-order valence-corrected chi connectivity index (χ2v) is 12.1. The molecule has 6 aromatic carbocycles. The zero-order valence-electron chi connectivity index (χ0n) is 24.6. The number of fused-ring (bicyclic) bond motifs is 4. The van der Waals surface area contributed by atoms with Gasteiger partial charge >= 0.3 is 0 Å². The van der Waals surface area contributed by atoms with Gasteiger partial charge in [-0.05, 0) is 35.4 Å². The minimum Gasteiger partial charge on any atom is -0.278 e. The highest BCUT2D eigenvalue weighted by Gasteiger charge is 2.19. The molecular weight excluding hydrogens is 583 g/mol. The maximum Gasteiger partial charge on any atom is 0.238 e. The predicted molar refractivity (Wildman–Crippen MR) is 189 cm³/mol. The standard InChI is InChI=1S/C40H25N5S/c1-3-12-26(13-4-1)27-22-24-28(25-23-27)37-42-38(32-18-11-19-33-36(32)46-39(41-33)29-14-5-2-6-15-29)44-40(43-37)45-34-20-9-7-16-30(34)31-17-8-10-21-35(31)45/h1-25H. The van der Waals surface area contributed by atoms with Gasteiger partial charge in [-0.15, -0.1) is 11.3 Å². The van der Waals surface area contributed by atoms with Crippen molar-refractivity contribution in [2.45, 2.75) is 0 Å². The molecule has 0 spiro atoms. The maximum absolute atomic E-state index is 5.19. The third-order valence-corrected chi connectivity index (χ3v) is 9.48. The molecule has 216 valence electrons. The van der Waals surface area contributed by atoms with Crippen LogP contribution in [0.3, 0.4) is 0 Å². The number of hydrogen-bond acceptors (Lipinski definition) is 5. The molecular formula is C40H25N5S. The fourth-order valence-electron chi connectivity index (χ4n) is 6.12. The first kappa shape index (κ1) is 26.4. The van der Waals surface area contributed by atoms with Crippen LogP contribution in [0.4, 0.5) is 0 Å². The first-order valence-electron chi connectivity index (χ1n) is 15.2. The molecule has 0 unspecified atom stereocenters. The maximum atomic E-state index is 5.19. The Labute approximate surface area is 269 Å². The number of para-hydroxylation sites is 2. The van der Waals surface area contributed by atoms with E-state index in [0.717, 1.165) is 59.3 Å². The van der Waals surface area contributed by atoms with Gasteiger partial charge in [0.15, 0.2) is 11.6 Å². The van der Waals surface area contributed by atoms with Crippen LogP contribution >= 0.6 is 11.3 Å². The fraction of sp³-hybridized carbons (Fsp3) is 0. The molecule has 3 aromatic heterocycles. The molecule has 0 aliphatic carbocycles. The van der Waals surface area contributed by atoms with Crippen molar-refractivity contribution >= 4 is 43.4 Å². The summed E-state index contributed by atoms with van der Waals surface area (Å²) in [7, 11) is 0. The summed E-state index contributed by atoms with van der Waals surface area (Å²) in [6.45, 7) is 0. The van der Waals surface area contributed by atoms with Crippen LogP contribution in [0.2, 0.25) is 0 Å². The van der Waals surface area contributed by atoms with E-state index in [2.05, 4.69) is 126 Å². The van der Waals surface area contributed by atoms with Gasteiger partial charge in [-0.1, -0.05) is 127 Å². The monoisotopic (exact) mass is 607 g/mol. The van der Waals surface area contributed by atoms with Crippen molar-refractivity contribution in [2.24, 2.45) is 0 Å². The highest BCUT2D eigenvalue weighted by Crippen LogP contribution is 2.37. The number of thiazole rings is 1. The van der Waals surface area contributed by atoms with Crippen molar-refractivity contribution in [1.82, 2.24) is 24.5 Å². The fourth-order valence-corrected chi connectivity index (χ4v) is 7.20. The van der Waals surface area contributed by atoms with Crippen LogP contribution in [-0.2, 0) is 0 Å². The summed E-state index contributed by atoms with van der Waals surface area (Å²) >= 11 is 1.66. The quantitative estimate of drug-likeness (QED) is 0.195. The Morgan fingerprint density at radius 2 is 0.978 bits per heavy atom. The highest BCUT2D eigenvalue weighted by molar-refractivity contribution is 7.22. The second-order valence-electron chi connectivity index (χ2n) is 11.1. The van der Waals surface area contributed by atoms with E-state index < -0.39 is 0 Å². The molecule has 5 nitrogen and oxygen atoms in total. The number of hydrogen-bond donors (Lipinski definition) is 0. The van der Waals surface area contributed by atoms with Crippen LogP contribution in [0, 0.1) is 0 Å². The average molecular weight is 608 g/mol. The van der Waals surface area contributed by atoms with Gasteiger partial charge in [0.1, 0.15) is 5.01 Å². The topological polar surface area (TPSA) is 56.5 Å². The molecule has 0 radical (unpaired) electrons. The molecule has 9 aromatic rings. The molecule has 46 heavy (non-hydrogen) atoms. The van der Waals surface area contributed by atoms with Gasteiger partial charge in [-0.25, -0.2) is 9.97 Å². The Morgan fingerprint density at radius 3 is 1.67 bits per heavy atom. The Kier molecular flexibility index (Phi) is 6.25. The molecule has 0 aliphatic rings. The molecule has 0 bridgehead atoms. The van der Waals surface area contributed by atoms with Gasteiger partial charge < -0.3 is 0 Å². The molecule has 0 N–H and O–H groups in total. The molecule has 9 rings (SSSR count). The van der Waals surface area contributed by atoms with Crippen LogP contribution in [0.25, 0.3) is 82.4 Å². The van der Waals surface area contributed by atoms with Crippen molar-refractivity contribution in [3.05, 3.63) is 152 Å². The van der Waals surface area contributed by atoms with E-state index in [4.69, 9.17) is 19.9 Å². The SMILES string of the molecule is c1ccc(-c2ccc(-c3nc(-c4cccc5nc(-c6ccccc6)sc45)nc(-n4c5ccccc5c5ccccc54)n3)cc2)cc1. The van der Waals surface area contributed by atoms with Gasteiger partial charge in [0.25, 0.3) is 0 Å². The Morgan fingerprint density at radius 1 is 0.413 bits per heavy atom.